The molecule has 1 amide bonds. The van der Waals surface area contributed by atoms with Crippen molar-refractivity contribution in [3.8, 4) is 0 Å². The molecule has 0 aliphatic rings. The molecule has 138 valence electrons. The number of halogens is 1. The maximum atomic E-state index is 13.5. The van der Waals surface area contributed by atoms with Crippen molar-refractivity contribution in [3.63, 3.8) is 0 Å². The van der Waals surface area contributed by atoms with E-state index in [9.17, 15) is 9.18 Å². The second-order valence-electron chi connectivity index (χ2n) is 7.20. The minimum atomic E-state index is -0.457. The third kappa shape index (κ3) is 6.62. The lowest BCUT2D eigenvalue weighted by atomic mass is 9.92. The van der Waals surface area contributed by atoms with Gasteiger partial charge in [-0.2, -0.15) is 0 Å². The third-order valence-electron chi connectivity index (χ3n) is 3.95. The molecule has 1 atom stereocenters. The fourth-order valence-corrected chi connectivity index (χ4v) is 2.53. The van der Waals surface area contributed by atoms with Gasteiger partial charge in [0.1, 0.15) is 5.82 Å². The Labute approximate surface area is 148 Å². The Morgan fingerprint density at radius 2 is 1.79 bits per heavy atom. The lowest BCUT2D eigenvalue weighted by Gasteiger charge is -2.35. The fourth-order valence-electron chi connectivity index (χ4n) is 2.53. The molecule has 0 aliphatic carbocycles. The van der Waals surface area contributed by atoms with Gasteiger partial charge in [0.2, 0.25) is 5.91 Å². The minimum absolute atomic E-state index is 0.0857. The molecular weight excluding hydrogens is 301 g/mol. The summed E-state index contributed by atoms with van der Waals surface area (Å²) in [6.45, 7) is 15.8. The second kappa shape index (κ2) is 10.5. The van der Waals surface area contributed by atoms with E-state index >= 15 is 0 Å². The van der Waals surface area contributed by atoms with Crippen LogP contribution >= 0.6 is 0 Å². The highest BCUT2D eigenvalue weighted by Crippen LogP contribution is 2.28. The molecule has 0 radical (unpaired) electrons. The number of carbonyl (C=O) groups is 1. The van der Waals surface area contributed by atoms with E-state index in [2.05, 4.69) is 13.8 Å². The summed E-state index contributed by atoms with van der Waals surface area (Å²) in [4.78, 5) is 14.7. The molecule has 2 nitrogen and oxygen atoms in total. The molecule has 0 N–H and O–H groups in total. The number of benzene rings is 1. The van der Waals surface area contributed by atoms with Crippen molar-refractivity contribution in [3.05, 3.63) is 29.6 Å². The van der Waals surface area contributed by atoms with Crippen molar-refractivity contribution in [1.82, 2.24) is 0 Å². The summed E-state index contributed by atoms with van der Waals surface area (Å²) < 4.78 is 13.5. The minimum Gasteiger partial charge on any atom is -0.309 e. The first kappa shape index (κ1) is 22.6. The van der Waals surface area contributed by atoms with Crippen molar-refractivity contribution in [2.75, 3.05) is 4.90 Å². The monoisotopic (exact) mass is 337 g/mol. The van der Waals surface area contributed by atoms with Gasteiger partial charge in [-0.1, -0.05) is 60.8 Å². The summed E-state index contributed by atoms with van der Waals surface area (Å²) in [5.41, 5.74) is 0.911. The summed E-state index contributed by atoms with van der Waals surface area (Å²) in [6.07, 6.45) is 4.40. The molecule has 0 bridgehead atoms. The van der Waals surface area contributed by atoms with Crippen molar-refractivity contribution in [1.29, 1.82) is 0 Å². The van der Waals surface area contributed by atoms with E-state index in [1.54, 1.807) is 19.1 Å². The van der Waals surface area contributed by atoms with Gasteiger partial charge in [-0.25, -0.2) is 4.39 Å². The number of hydrogen-bond acceptors (Lipinski definition) is 1. The zero-order valence-electron chi connectivity index (χ0n) is 16.9. The molecule has 0 aliphatic heterocycles. The first-order chi connectivity index (χ1) is 11.2. The van der Waals surface area contributed by atoms with Gasteiger partial charge in [0.15, 0.2) is 0 Å². The lowest BCUT2D eigenvalue weighted by molar-refractivity contribution is -0.126. The average molecular weight is 338 g/mol. The number of aryl methyl sites for hydroxylation is 1. The number of carbonyl (C=O) groups excluding carboxylic acids is 1. The van der Waals surface area contributed by atoms with Crippen molar-refractivity contribution >= 4 is 11.6 Å². The van der Waals surface area contributed by atoms with Crippen molar-refractivity contribution in [2.24, 2.45) is 5.41 Å². The second-order valence-corrected chi connectivity index (χ2v) is 7.20. The molecular formula is C21H36FNO. The molecule has 1 aromatic carbocycles. The number of anilines is 1. The van der Waals surface area contributed by atoms with E-state index in [4.69, 9.17) is 0 Å². The number of nitrogens with zero attached hydrogens (tertiary/aromatic N) is 1. The number of unbranched alkanes of at least 4 members (excludes halogenated alkanes) is 2. The van der Waals surface area contributed by atoms with Gasteiger partial charge >= 0.3 is 0 Å². The molecule has 1 unspecified atom stereocenters. The lowest BCUT2D eigenvalue weighted by Crippen LogP contribution is -2.45. The summed E-state index contributed by atoms with van der Waals surface area (Å²) in [6, 6.07) is 5.05. The largest absolute Gasteiger partial charge is 0.309 e. The van der Waals surface area contributed by atoms with Crippen LogP contribution in [0, 0.1) is 18.2 Å². The van der Waals surface area contributed by atoms with E-state index in [0.717, 1.165) is 24.9 Å². The molecule has 3 heteroatoms. The summed E-state index contributed by atoms with van der Waals surface area (Å²) in [7, 11) is 0. The van der Waals surface area contributed by atoms with E-state index in [0.29, 0.717) is 5.56 Å². The first-order valence-corrected chi connectivity index (χ1v) is 9.28. The van der Waals surface area contributed by atoms with E-state index in [-0.39, 0.29) is 17.8 Å². The molecule has 0 aromatic heterocycles. The van der Waals surface area contributed by atoms with Crippen LogP contribution in [0.5, 0.6) is 0 Å². The Bertz CT molecular complexity index is 505. The van der Waals surface area contributed by atoms with E-state index in [1.165, 1.54) is 12.5 Å². The predicted octanol–water partition coefficient (Wildman–Crippen LogP) is 6.51. The summed E-state index contributed by atoms with van der Waals surface area (Å²) in [5.74, 6) is -0.145. The highest BCUT2D eigenvalue weighted by atomic mass is 19.1. The van der Waals surface area contributed by atoms with Crippen LogP contribution in [0.1, 0.15) is 79.7 Å². The molecule has 1 aromatic rings. The Hall–Kier alpha value is -1.38. The molecule has 1 rings (SSSR count). The number of rotatable bonds is 6. The maximum absolute atomic E-state index is 13.5. The van der Waals surface area contributed by atoms with E-state index < -0.39 is 5.41 Å². The van der Waals surface area contributed by atoms with Gasteiger partial charge in [-0.05, 0) is 44.0 Å². The smallest absolute Gasteiger partial charge is 0.232 e. The van der Waals surface area contributed by atoms with Gasteiger partial charge in [0.05, 0.1) is 0 Å². The fraction of sp³-hybridized carbons (Fsp3) is 0.667. The molecule has 0 heterocycles. The molecule has 0 spiro atoms. The SMILES string of the molecule is CC.CCCCCC(C)N(C(=O)C(C)(C)C)c1ccc(F)c(C)c1. The Morgan fingerprint density at radius 1 is 1.21 bits per heavy atom. The van der Waals surface area contributed by atoms with Crippen LogP contribution < -0.4 is 4.90 Å². The van der Waals surface area contributed by atoms with E-state index in [1.807, 2.05) is 39.5 Å². The quantitative estimate of drug-likeness (QED) is 0.542. The Balaban J connectivity index is 0.00000254. The molecule has 24 heavy (non-hydrogen) atoms. The Morgan fingerprint density at radius 3 is 2.25 bits per heavy atom. The highest BCUT2D eigenvalue weighted by molar-refractivity contribution is 5.97. The first-order valence-electron chi connectivity index (χ1n) is 9.28. The normalized spacial score (nSPS) is 12.2. The van der Waals surface area contributed by atoms with Gasteiger partial charge in [0.25, 0.3) is 0 Å². The topological polar surface area (TPSA) is 20.3 Å². The standard InChI is InChI=1S/C19H30FNO.C2H6/c1-7-8-9-10-15(3)21(18(22)19(4,5)6)16-11-12-17(20)14(2)13-16;1-2/h11-13,15H,7-10H2,1-6H3;1-2H3. The molecule has 0 saturated heterocycles. The van der Waals surface area contributed by atoms with Crippen LogP contribution in [0.2, 0.25) is 0 Å². The van der Waals surface area contributed by atoms with Crippen molar-refractivity contribution in [2.45, 2.75) is 87.1 Å². The van der Waals surface area contributed by atoms with Crippen LogP contribution in [0.4, 0.5) is 10.1 Å². The zero-order chi connectivity index (χ0) is 18.9. The predicted molar refractivity (Wildman–Crippen MR) is 103 cm³/mol. The summed E-state index contributed by atoms with van der Waals surface area (Å²) in [5, 5.41) is 0. The highest BCUT2D eigenvalue weighted by Gasteiger charge is 2.31. The van der Waals surface area contributed by atoms with Crippen LogP contribution in [0.3, 0.4) is 0 Å². The third-order valence-corrected chi connectivity index (χ3v) is 3.95. The molecule has 0 fully saturated rings. The number of hydrogen-bond donors (Lipinski definition) is 0. The summed E-state index contributed by atoms with van der Waals surface area (Å²) >= 11 is 0. The molecule has 0 saturated carbocycles. The van der Waals surface area contributed by atoms with Crippen LogP contribution in [-0.2, 0) is 4.79 Å². The van der Waals surface area contributed by atoms with Crippen LogP contribution in [-0.4, -0.2) is 11.9 Å². The average Bonchev–Trinajstić information content (AvgIpc) is 2.52. The maximum Gasteiger partial charge on any atom is 0.232 e. The van der Waals surface area contributed by atoms with Gasteiger partial charge in [-0.15, -0.1) is 0 Å². The Kier molecular flexibility index (Phi) is 9.88. The number of amides is 1. The van der Waals surface area contributed by atoms with Crippen LogP contribution in [0.25, 0.3) is 0 Å². The van der Waals surface area contributed by atoms with Gasteiger partial charge < -0.3 is 4.90 Å². The van der Waals surface area contributed by atoms with Gasteiger partial charge in [0, 0.05) is 17.1 Å². The van der Waals surface area contributed by atoms with Gasteiger partial charge in [-0.3, -0.25) is 4.79 Å². The van der Waals surface area contributed by atoms with Crippen molar-refractivity contribution < 1.29 is 9.18 Å². The zero-order valence-corrected chi connectivity index (χ0v) is 16.9. The van der Waals surface area contributed by atoms with Crippen LogP contribution in [0.15, 0.2) is 18.2 Å².